The summed E-state index contributed by atoms with van der Waals surface area (Å²) in [5, 5.41) is 3.42. The molecule has 0 atom stereocenters. The fourth-order valence-corrected chi connectivity index (χ4v) is 2.69. The highest BCUT2D eigenvalue weighted by Crippen LogP contribution is 2.06. The first-order chi connectivity index (χ1) is 11.8. The number of allylic oxidation sites excluding steroid dienone is 1. The van der Waals surface area contributed by atoms with Crippen LogP contribution in [0, 0.1) is 0 Å². The molecule has 0 aromatic carbocycles. The summed E-state index contributed by atoms with van der Waals surface area (Å²) in [6, 6.07) is 0. The van der Waals surface area contributed by atoms with E-state index in [9.17, 15) is 4.79 Å². The van der Waals surface area contributed by atoms with Crippen LogP contribution in [0.25, 0.3) is 0 Å². The third kappa shape index (κ3) is 14.8. The molecule has 0 saturated heterocycles. The molecule has 24 heavy (non-hydrogen) atoms. The predicted molar refractivity (Wildman–Crippen MR) is 107 cm³/mol. The maximum atomic E-state index is 12.0. The minimum absolute atomic E-state index is 0.161. The molecule has 1 N–H and O–H groups in total. The lowest BCUT2D eigenvalue weighted by atomic mass is 9.85. The molecule has 139 valence electrons. The van der Waals surface area contributed by atoms with Crippen LogP contribution in [0.15, 0.2) is 12.2 Å². The Morgan fingerprint density at radius 3 is 2.29 bits per heavy atom. The topological polar surface area (TPSA) is 32.3 Å². The van der Waals surface area contributed by atoms with Crippen LogP contribution < -0.4 is 5.23 Å². The van der Waals surface area contributed by atoms with Crippen LogP contribution in [-0.2, 0) is 4.79 Å². The number of hydrogen-bond donors (Lipinski definition) is 1. The molecule has 0 aliphatic rings. The summed E-state index contributed by atoms with van der Waals surface area (Å²) in [6.45, 7) is 9.12. The Morgan fingerprint density at radius 1 is 0.917 bits per heavy atom. The van der Waals surface area contributed by atoms with Crippen LogP contribution in [0.5, 0.6) is 0 Å². The van der Waals surface area contributed by atoms with Crippen LogP contribution in [0.3, 0.4) is 0 Å². The average Bonchev–Trinajstić information content (AvgIpc) is 2.58. The van der Waals surface area contributed by atoms with Crippen molar-refractivity contribution in [1.82, 2.24) is 10.1 Å². The molecule has 1 radical (unpaired) electrons. The molecule has 0 fully saturated rings. The van der Waals surface area contributed by atoms with E-state index in [0.29, 0.717) is 0 Å². The summed E-state index contributed by atoms with van der Waals surface area (Å²) in [4.78, 5) is 14.0. The Kier molecular flexibility index (Phi) is 18.0. The van der Waals surface area contributed by atoms with Gasteiger partial charge >= 0.3 is 0 Å². The monoisotopic (exact) mass is 335 g/mol. The summed E-state index contributed by atoms with van der Waals surface area (Å²) < 4.78 is 0. The lowest BCUT2D eigenvalue weighted by Crippen LogP contribution is -2.32. The van der Waals surface area contributed by atoms with E-state index < -0.39 is 0 Å². The maximum Gasteiger partial charge on any atom is 0.246 e. The van der Waals surface area contributed by atoms with E-state index in [4.69, 9.17) is 0 Å². The molecular formula is C20H40BN2O. The number of unbranched alkanes of at least 4 members (excludes halogenated alkanes) is 7. The number of nitrogens with one attached hydrogen (secondary N) is 1. The fraction of sp³-hybridized carbons (Fsp3) is 0.850. The van der Waals surface area contributed by atoms with Crippen LogP contribution in [-0.4, -0.2) is 37.9 Å². The van der Waals surface area contributed by atoms with E-state index in [2.05, 4.69) is 26.5 Å². The van der Waals surface area contributed by atoms with Crippen molar-refractivity contribution in [2.75, 3.05) is 19.6 Å². The van der Waals surface area contributed by atoms with Gasteiger partial charge in [-0.3, -0.25) is 4.79 Å². The first-order valence-corrected chi connectivity index (χ1v) is 10.2. The first-order valence-electron chi connectivity index (χ1n) is 10.2. The summed E-state index contributed by atoms with van der Waals surface area (Å²) in [5.74, 6) is 0.161. The molecular weight excluding hydrogens is 295 g/mol. The Morgan fingerprint density at radius 2 is 1.58 bits per heavy atom. The molecule has 4 heteroatoms. The van der Waals surface area contributed by atoms with Crippen molar-refractivity contribution in [3.8, 4) is 0 Å². The summed E-state index contributed by atoms with van der Waals surface area (Å²) >= 11 is 0. The van der Waals surface area contributed by atoms with Crippen LogP contribution in [0.4, 0.5) is 0 Å². The standard InChI is InChI=1S/C20H40BN2O/c1-4-7-9-10-11-12-16-21-22-17-13-14-19-23(18-8-5-2)20(24)15-6-3/h6,15,22H,4-5,7-14,16-19H2,1-3H3/b15-6+. The zero-order valence-electron chi connectivity index (χ0n) is 16.5. The number of hydrogen-bond acceptors (Lipinski definition) is 2. The summed E-state index contributed by atoms with van der Waals surface area (Å²) in [7, 11) is 2.22. The number of carbonyl (C=O) groups excluding carboxylic acids is 1. The normalized spacial score (nSPS) is 11.1. The fourth-order valence-electron chi connectivity index (χ4n) is 2.69. The Labute approximate surface area is 151 Å². The number of amides is 1. The van der Waals surface area contributed by atoms with Gasteiger partial charge in [0, 0.05) is 13.1 Å². The molecule has 0 bridgehead atoms. The van der Waals surface area contributed by atoms with Gasteiger partial charge in [-0.2, -0.15) is 0 Å². The van der Waals surface area contributed by atoms with Gasteiger partial charge in [-0.1, -0.05) is 71.2 Å². The molecule has 0 aliphatic heterocycles. The Bertz CT molecular complexity index is 308. The third-order valence-corrected chi connectivity index (χ3v) is 4.25. The zero-order valence-corrected chi connectivity index (χ0v) is 16.5. The van der Waals surface area contributed by atoms with Crippen molar-refractivity contribution in [2.45, 2.75) is 91.3 Å². The van der Waals surface area contributed by atoms with Crippen molar-refractivity contribution in [1.29, 1.82) is 0 Å². The van der Waals surface area contributed by atoms with Gasteiger partial charge in [-0.25, -0.2) is 0 Å². The first kappa shape index (κ1) is 23.2. The largest absolute Gasteiger partial charge is 0.360 e. The molecule has 0 aromatic rings. The second kappa shape index (κ2) is 18.6. The number of rotatable bonds is 17. The minimum Gasteiger partial charge on any atom is -0.360 e. The quantitative estimate of drug-likeness (QED) is 0.231. The van der Waals surface area contributed by atoms with Crippen molar-refractivity contribution in [3.63, 3.8) is 0 Å². The van der Waals surface area contributed by atoms with E-state index in [-0.39, 0.29) is 5.91 Å². The molecule has 3 nitrogen and oxygen atoms in total. The SMILES string of the molecule is C/C=C/C(=O)N(CCCC)CCCCN[B]CCCCCCCC. The molecule has 1 amide bonds. The summed E-state index contributed by atoms with van der Waals surface area (Å²) in [6.07, 6.45) is 17.3. The highest BCUT2D eigenvalue weighted by Gasteiger charge is 2.08. The van der Waals surface area contributed by atoms with Crippen LogP contribution >= 0.6 is 0 Å². The van der Waals surface area contributed by atoms with Crippen molar-refractivity contribution < 1.29 is 4.79 Å². The van der Waals surface area contributed by atoms with Gasteiger partial charge in [0.15, 0.2) is 0 Å². The number of carbonyl (C=O) groups is 1. The van der Waals surface area contributed by atoms with Gasteiger partial charge in [0.25, 0.3) is 0 Å². The second-order valence-corrected chi connectivity index (χ2v) is 6.60. The van der Waals surface area contributed by atoms with Gasteiger partial charge in [-0.05, 0) is 38.8 Å². The van der Waals surface area contributed by atoms with Crippen molar-refractivity contribution in [3.05, 3.63) is 12.2 Å². The van der Waals surface area contributed by atoms with E-state index in [1.54, 1.807) is 6.08 Å². The molecule has 0 aromatic heterocycles. The highest BCUT2D eigenvalue weighted by molar-refractivity contribution is 6.32. The predicted octanol–water partition coefficient (Wildman–Crippen LogP) is 4.96. The molecule has 0 saturated carbocycles. The molecule has 0 heterocycles. The highest BCUT2D eigenvalue weighted by atomic mass is 16.2. The van der Waals surface area contributed by atoms with Crippen LogP contribution in [0.1, 0.15) is 85.0 Å². The molecule has 0 spiro atoms. The van der Waals surface area contributed by atoms with Crippen LogP contribution in [0.2, 0.25) is 6.32 Å². The van der Waals surface area contributed by atoms with Gasteiger partial charge < -0.3 is 10.1 Å². The van der Waals surface area contributed by atoms with Gasteiger partial charge in [0.2, 0.25) is 13.3 Å². The van der Waals surface area contributed by atoms with E-state index in [1.807, 2.05) is 17.9 Å². The lowest BCUT2D eigenvalue weighted by molar-refractivity contribution is -0.126. The second-order valence-electron chi connectivity index (χ2n) is 6.60. The summed E-state index contributed by atoms with van der Waals surface area (Å²) in [5.41, 5.74) is 0. The van der Waals surface area contributed by atoms with Gasteiger partial charge in [-0.15, -0.1) is 0 Å². The Hall–Kier alpha value is -0.765. The zero-order chi connectivity index (χ0) is 17.9. The van der Waals surface area contributed by atoms with Gasteiger partial charge in [0.1, 0.15) is 0 Å². The Balaban J connectivity index is 3.52. The minimum atomic E-state index is 0.161. The molecule has 0 unspecified atom stereocenters. The maximum absolute atomic E-state index is 12.0. The van der Waals surface area contributed by atoms with Crippen molar-refractivity contribution in [2.24, 2.45) is 0 Å². The van der Waals surface area contributed by atoms with E-state index in [0.717, 1.165) is 45.3 Å². The average molecular weight is 335 g/mol. The van der Waals surface area contributed by atoms with Crippen molar-refractivity contribution >= 4 is 13.3 Å². The third-order valence-electron chi connectivity index (χ3n) is 4.25. The molecule has 0 rings (SSSR count). The number of nitrogens with zero attached hydrogens (tertiary/aromatic N) is 1. The van der Waals surface area contributed by atoms with E-state index in [1.165, 1.54) is 44.8 Å². The smallest absolute Gasteiger partial charge is 0.246 e. The van der Waals surface area contributed by atoms with E-state index >= 15 is 0 Å². The lowest BCUT2D eigenvalue weighted by Gasteiger charge is -2.21. The molecule has 0 aliphatic carbocycles. The van der Waals surface area contributed by atoms with Gasteiger partial charge in [0.05, 0.1) is 0 Å².